The predicted molar refractivity (Wildman–Crippen MR) is 132 cm³/mol. The monoisotopic (exact) mass is 520 g/mol. The van der Waals surface area contributed by atoms with Crippen LogP contribution in [-0.4, -0.2) is 65.7 Å². The van der Waals surface area contributed by atoms with Crippen molar-refractivity contribution in [2.75, 3.05) is 13.1 Å². The maximum absolute atomic E-state index is 13.0. The number of alkyl carbamates (subject to hydrolysis) is 1. The van der Waals surface area contributed by atoms with Crippen LogP contribution in [-0.2, 0) is 30.5 Å². The molecule has 4 amide bonds. The van der Waals surface area contributed by atoms with Gasteiger partial charge < -0.3 is 30.4 Å². The lowest BCUT2D eigenvalue weighted by Crippen LogP contribution is -2.68. The summed E-state index contributed by atoms with van der Waals surface area (Å²) >= 11 is 5.94. The molecule has 3 atom stereocenters. The fourth-order valence-electron chi connectivity index (χ4n) is 4.69. The third-order valence-corrected chi connectivity index (χ3v) is 6.67. The van der Waals surface area contributed by atoms with Gasteiger partial charge in [-0.25, -0.2) is 4.79 Å². The fourth-order valence-corrected chi connectivity index (χ4v) is 4.90. The Morgan fingerprint density at radius 2 is 2.00 bits per heavy atom. The van der Waals surface area contributed by atoms with E-state index in [2.05, 4.69) is 16.0 Å². The van der Waals surface area contributed by atoms with Gasteiger partial charge in [-0.15, -0.1) is 0 Å². The molecule has 1 aromatic rings. The van der Waals surface area contributed by atoms with Crippen LogP contribution in [0.3, 0.4) is 0 Å². The molecule has 10 nitrogen and oxygen atoms in total. The Morgan fingerprint density at radius 1 is 1.28 bits per heavy atom. The van der Waals surface area contributed by atoms with E-state index in [-0.39, 0.29) is 30.8 Å². The Hall–Kier alpha value is -3.14. The van der Waals surface area contributed by atoms with Crippen molar-refractivity contribution in [1.82, 2.24) is 20.9 Å². The van der Waals surface area contributed by atoms with E-state index in [9.17, 15) is 24.0 Å². The molecule has 2 saturated heterocycles. The highest BCUT2D eigenvalue weighted by Crippen LogP contribution is 2.35. The van der Waals surface area contributed by atoms with E-state index in [0.29, 0.717) is 42.8 Å². The molecule has 2 aliphatic heterocycles. The molecule has 2 aliphatic rings. The van der Waals surface area contributed by atoms with Crippen LogP contribution < -0.4 is 16.0 Å². The van der Waals surface area contributed by atoms with Crippen LogP contribution >= 0.6 is 11.6 Å². The highest BCUT2D eigenvalue weighted by molar-refractivity contribution is 6.30. The summed E-state index contributed by atoms with van der Waals surface area (Å²) in [5.74, 6) is -1.16. The minimum Gasteiger partial charge on any atom is -0.445 e. The van der Waals surface area contributed by atoms with E-state index in [0.717, 1.165) is 0 Å². The first-order chi connectivity index (χ1) is 17.0. The first-order valence-corrected chi connectivity index (χ1v) is 12.4. The summed E-state index contributed by atoms with van der Waals surface area (Å²) in [5, 5.41) is 8.69. The molecular weight excluding hydrogens is 488 g/mol. The fraction of sp³-hybridized carbons (Fsp3) is 0.560. The number of ether oxygens (including phenoxy) is 1. The average Bonchev–Trinajstić information content (AvgIpc) is 3.11. The third-order valence-electron chi connectivity index (χ3n) is 6.43. The predicted octanol–water partition coefficient (Wildman–Crippen LogP) is 1.79. The lowest BCUT2D eigenvalue weighted by Gasteiger charge is -2.47. The van der Waals surface area contributed by atoms with Crippen LogP contribution in [0.15, 0.2) is 24.3 Å². The van der Waals surface area contributed by atoms with Crippen LogP contribution in [0, 0.1) is 11.8 Å². The zero-order chi connectivity index (χ0) is 26.5. The van der Waals surface area contributed by atoms with Gasteiger partial charge in [-0.2, -0.15) is 0 Å². The highest BCUT2D eigenvalue weighted by Gasteiger charge is 2.52. The van der Waals surface area contributed by atoms with Gasteiger partial charge in [0.05, 0.1) is 11.6 Å². The molecule has 3 rings (SSSR count). The van der Waals surface area contributed by atoms with E-state index in [1.165, 1.54) is 6.92 Å². The Bertz CT molecular complexity index is 1010. The Morgan fingerprint density at radius 3 is 2.61 bits per heavy atom. The number of halogens is 1. The van der Waals surface area contributed by atoms with E-state index < -0.39 is 35.5 Å². The number of hydrogen-bond donors (Lipinski definition) is 3. The Labute approximate surface area is 215 Å². The van der Waals surface area contributed by atoms with Gasteiger partial charge in [0, 0.05) is 31.0 Å². The van der Waals surface area contributed by atoms with Crippen LogP contribution in [0.5, 0.6) is 0 Å². The molecule has 196 valence electrons. The summed E-state index contributed by atoms with van der Waals surface area (Å²) in [6.45, 7) is 6.16. The van der Waals surface area contributed by atoms with Crippen LogP contribution in [0.2, 0.25) is 5.02 Å². The third kappa shape index (κ3) is 7.19. The lowest BCUT2D eigenvalue weighted by atomic mass is 9.83. The number of carbonyl (C=O) groups excluding carboxylic acids is 5. The molecule has 3 N–H and O–H groups in total. The number of amides is 4. The van der Waals surface area contributed by atoms with Crippen molar-refractivity contribution in [1.29, 1.82) is 0 Å². The smallest absolute Gasteiger partial charge is 0.408 e. The summed E-state index contributed by atoms with van der Waals surface area (Å²) in [4.78, 5) is 62.7. The quantitative estimate of drug-likeness (QED) is 0.403. The molecule has 0 radical (unpaired) electrons. The molecule has 2 fully saturated rings. The number of rotatable bonds is 10. The SMILES string of the molecule is CC(=O)N1CC2(CC(CC(C=O)NC(=O)[C@H](CC(C)C)NC(=O)OCc3cccc(Cl)c3)C(=O)N2)C1. The Balaban J connectivity index is 1.54. The number of carbonyl (C=O) groups is 5. The van der Waals surface area contributed by atoms with Crippen molar-refractivity contribution in [2.45, 2.75) is 64.3 Å². The summed E-state index contributed by atoms with van der Waals surface area (Å²) < 4.78 is 5.23. The summed E-state index contributed by atoms with van der Waals surface area (Å²) in [7, 11) is 0. The molecule has 36 heavy (non-hydrogen) atoms. The molecule has 0 aromatic heterocycles. The van der Waals surface area contributed by atoms with Crippen LogP contribution in [0.1, 0.15) is 45.6 Å². The maximum Gasteiger partial charge on any atom is 0.408 e. The van der Waals surface area contributed by atoms with E-state index in [4.69, 9.17) is 16.3 Å². The minimum absolute atomic E-state index is 0.0149. The molecule has 0 saturated carbocycles. The summed E-state index contributed by atoms with van der Waals surface area (Å²) in [6.07, 6.45) is 0.784. The second-order valence-electron chi connectivity index (χ2n) is 10.1. The average molecular weight is 521 g/mol. The number of aldehydes is 1. The van der Waals surface area contributed by atoms with Crippen LogP contribution in [0.25, 0.3) is 0 Å². The Kier molecular flexibility index (Phi) is 8.94. The van der Waals surface area contributed by atoms with Gasteiger partial charge in [0.15, 0.2) is 0 Å². The van der Waals surface area contributed by atoms with Gasteiger partial charge >= 0.3 is 6.09 Å². The van der Waals surface area contributed by atoms with Gasteiger partial charge in [-0.3, -0.25) is 14.4 Å². The summed E-state index contributed by atoms with van der Waals surface area (Å²) in [6, 6.07) is 5.07. The molecule has 0 bridgehead atoms. The van der Waals surface area contributed by atoms with Crippen molar-refractivity contribution in [2.24, 2.45) is 11.8 Å². The topological polar surface area (TPSA) is 134 Å². The molecular formula is C25H33ClN4O6. The van der Waals surface area contributed by atoms with Gasteiger partial charge in [-0.1, -0.05) is 37.6 Å². The van der Waals surface area contributed by atoms with E-state index in [1.807, 2.05) is 13.8 Å². The largest absolute Gasteiger partial charge is 0.445 e. The standard InChI is InChI=1S/C25H33ClN4O6/c1-15(2)7-21(28-24(35)36-12-17-5-4-6-19(26)8-17)23(34)27-20(11-31)9-18-10-25(29-22(18)33)13-30(14-25)16(3)32/h4-6,8,11,15,18,20-21H,7,9-10,12-14H2,1-3H3,(H,27,34)(H,28,35)(H,29,33)/t18?,20?,21-/m0/s1. The zero-order valence-electron chi connectivity index (χ0n) is 20.7. The lowest BCUT2D eigenvalue weighted by molar-refractivity contribution is -0.138. The zero-order valence-corrected chi connectivity index (χ0v) is 21.5. The number of benzene rings is 1. The molecule has 2 unspecified atom stereocenters. The number of nitrogens with zero attached hydrogens (tertiary/aromatic N) is 1. The molecule has 1 aromatic carbocycles. The second-order valence-corrected chi connectivity index (χ2v) is 10.5. The van der Waals surface area contributed by atoms with Gasteiger partial charge in [0.25, 0.3) is 0 Å². The molecule has 2 heterocycles. The van der Waals surface area contributed by atoms with Crippen molar-refractivity contribution < 1.29 is 28.7 Å². The van der Waals surface area contributed by atoms with Crippen molar-refractivity contribution in [3.63, 3.8) is 0 Å². The van der Waals surface area contributed by atoms with Crippen molar-refractivity contribution in [3.8, 4) is 0 Å². The van der Waals surface area contributed by atoms with E-state index in [1.54, 1.807) is 29.2 Å². The van der Waals surface area contributed by atoms with Gasteiger partial charge in [0.1, 0.15) is 18.9 Å². The maximum atomic E-state index is 13.0. The molecule has 11 heteroatoms. The van der Waals surface area contributed by atoms with Gasteiger partial charge in [-0.05, 0) is 42.9 Å². The van der Waals surface area contributed by atoms with Crippen molar-refractivity contribution >= 4 is 41.7 Å². The molecule has 1 spiro atoms. The normalized spacial score (nSPS) is 19.8. The van der Waals surface area contributed by atoms with Gasteiger partial charge in [0.2, 0.25) is 17.7 Å². The number of nitrogens with one attached hydrogen (secondary N) is 3. The second kappa shape index (κ2) is 11.7. The molecule has 0 aliphatic carbocycles. The highest BCUT2D eigenvalue weighted by atomic mass is 35.5. The van der Waals surface area contributed by atoms with Crippen molar-refractivity contribution in [3.05, 3.63) is 34.9 Å². The minimum atomic E-state index is -0.918. The summed E-state index contributed by atoms with van der Waals surface area (Å²) in [5.41, 5.74) is 0.244. The number of likely N-dealkylation sites (tertiary alicyclic amines) is 1. The number of hydrogen-bond acceptors (Lipinski definition) is 6. The van der Waals surface area contributed by atoms with E-state index >= 15 is 0 Å². The first kappa shape index (κ1) is 27.4. The van der Waals surface area contributed by atoms with Crippen LogP contribution in [0.4, 0.5) is 4.79 Å². The first-order valence-electron chi connectivity index (χ1n) is 12.0.